The molecular weight excluding hydrogens is 459 g/mol. The number of amides is 1. The molecule has 174 valence electrons. The SMILES string of the molecule is Cc1c(-c2ccncc2)nn(COCC[Si](C)(C)C)c1NC(=O)C(F)=Cc1ccc(Cl)cc1. The van der Waals surface area contributed by atoms with E-state index in [4.69, 9.17) is 16.3 Å². The number of benzene rings is 1. The van der Waals surface area contributed by atoms with Gasteiger partial charge in [0, 0.05) is 43.2 Å². The average Bonchev–Trinajstić information content (AvgIpc) is 3.08. The molecule has 1 N–H and O–H groups in total. The molecule has 3 aromatic rings. The molecule has 0 aliphatic heterocycles. The van der Waals surface area contributed by atoms with Gasteiger partial charge >= 0.3 is 0 Å². The molecule has 0 aliphatic rings. The number of rotatable bonds is 9. The molecule has 0 atom stereocenters. The molecule has 0 bridgehead atoms. The number of carbonyl (C=O) groups excluding carboxylic acids is 1. The van der Waals surface area contributed by atoms with Crippen LogP contribution in [0.2, 0.25) is 30.7 Å². The van der Waals surface area contributed by atoms with Crippen LogP contribution in [0, 0.1) is 6.92 Å². The van der Waals surface area contributed by atoms with E-state index in [0.717, 1.165) is 17.7 Å². The first-order valence-corrected chi connectivity index (χ1v) is 14.7. The molecule has 2 aromatic heterocycles. The van der Waals surface area contributed by atoms with Gasteiger partial charge in [0.25, 0.3) is 5.91 Å². The quantitative estimate of drug-likeness (QED) is 0.223. The molecule has 0 unspecified atom stereocenters. The van der Waals surface area contributed by atoms with Gasteiger partial charge < -0.3 is 10.1 Å². The Kier molecular flexibility index (Phi) is 8.18. The fourth-order valence-electron chi connectivity index (χ4n) is 3.05. The van der Waals surface area contributed by atoms with Gasteiger partial charge in [0.15, 0.2) is 5.83 Å². The van der Waals surface area contributed by atoms with Gasteiger partial charge in [-0.05, 0) is 48.9 Å². The Morgan fingerprint density at radius 3 is 2.48 bits per heavy atom. The van der Waals surface area contributed by atoms with Crippen molar-refractivity contribution in [3.05, 3.63) is 70.8 Å². The zero-order valence-electron chi connectivity index (χ0n) is 19.2. The second-order valence-corrected chi connectivity index (χ2v) is 15.0. The molecular formula is C24H28ClFN4O2Si. The van der Waals surface area contributed by atoms with Crippen LogP contribution in [0.4, 0.5) is 10.2 Å². The van der Waals surface area contributed by atoms with Gasteiger partial charge in [-0.25, -0.2) is 9.07 Å². The summed E-state index contributed by atoms with van der Waals surface area (Å²) in [5, 5.41) is 7.82. The number of hydrogen-bond donors (Lipinski definition) is 1. The smallest absolute Gasteiger partial charge is 0.285 e. The minimum absolute atomic E-state index is 0.147. The Morgan fingerprint density at radius 1 is 1.18 bits per heavy atom. The van der Waals surface area contributed by atoms with Crippen LogP contribution in [0.15, 0.2) is 54.6 Å². The Bertz CT molecular complexity index is 1130. The van der Waals surface area contributed by atoms with Gasteiger partial charge in [-0.3, -0.25) is 9.78 Å². The second kappa shape index (κ2) is 10.9. The summed E-state index contributed by atoms with van der Waals surface area (Å²) < 4.78 is 22.0. The zero-order valence-corrected chi connectivity index (χ0v) is 21.0. The summed E-state index contributed by atoms with van der Waals surface area (Å²) in [7, 11) is -1.25. The first kappa shape index (κ1) is 24.8. The number of anilines is 1. The first-order chi connectivity index (χ1) is 15.6. The number of halogens is 2. The molecule has 0 saturated carbocycles. The molecule has 0 aliphatic carbocycles. The number of pyridine rings is 1. The summed E-state index contributed by atoms with van der Waals surface area (Å²) >= 11 is 5.87. The highest BCUT2D eigenvalue weighted by Crippen LogP contribution is 2.28. The average molecular weight is 487 g/mol. The molecule has 0 fully saturated rings. The number of carbonyl (C=O) groups is 1. The predicted molar refractivity (Wildman–Crippen MR) is 133 cm³/mol. The third-order valence-electron chi connectivity index (χ3n) is 4.97. The summed E-state index contributed by atoms with van der Waals surface area (Å²) in [6, 6.07) is 11.2. The van der Waals surface area contributed by atoms with Crippen molar-refractivity contribution >= 4 is 37.5 Å². The summed E-state index contributed by atoms with van der Waals surface area (Å²) in [5.41, 5.74) is 2.76. The van der Waals surface area contributed by atoms with Crippen LogP contribution in [0.1, 0.15) is 11.1 Å². The van der Waals surface area contributed by atoms with E-state index < -0.39 is 19.8 Å². The van der Waals surface area contributed by atoms with Crippen molar-refractivity contribution in [2.75, 3.05) is 11.9 Å². The van der Waals surface area contributed by atoms with E-state index >= 15 is 0 Å². The van der Waals surface area contributed by atoms with Gasteiger partial charge in [-0.2, -0.15) is 5.10 Å². The second-order valence-electron chi connectivity index (χ2n) is 8.90. The van der Waals surface area contributed by atoms with Crippen LogP contribution in [-0.2, 0) is 16.3 Å². The maximum atomic E-state index is 14.7. The lowest BCUT2D eigenvalue weighted by Crippen LogP contribution is -2.22. The van der Waals surface area contributed by atoms with Crippen LogP contribution in [-0.4, -0.2) is 35.4 Å². The molecule has 0 spiro atoms. The minimum atomic E-state index is -1.25. The van der Waals surface area contributed by atoms with Crippen molar-refractivity contribution in [2.45, 2.75) is 39.3 Å². The van der Waals surface area contributed by atoms with Crippen molar-refractivity contribution in [3.8, 4) is 11.3 Å². The molecule has 9 heteroatoms. The van der Waals surface area contributed by atoms with Crippen LogP contribution in [0.5, 0.6) is 0 Å². The molecule has 1 aromatic carbocycles. The van der Waals surface area contributed by atoms with Crippen LogP contribution in [0.25, 0.3) is 17.3 Å². The summed E-state index contributed by atoms with van der Waals surface area (Å²) in [6.45, 7) is 9.40. The molecule has 1 amide bonds. The van der Waals surface area contributed by atoms with Crippen LogP contribution in [0.3, 0.4) is 0 Å². The maximum absolute atomic E-state index is 14.7. The van der Waals surface area contributed by atoms with E-state index in [1.165, 1.54) is 0 Å². The number of nitrogens with zero attached hydrogens (tertiary/aromatic N) is 3. The van der Waals surface area contributed by atoms with Gasteiger partial charge in [-0.1, -0.05) is 43.4 Å². The summed E-state index contributed by atoms with van der Waals surface area (Å²) in [5.74, 6) is -1.40. The summed E-state index contributed by atoms with van der Waals surface area (Å²) in [4.78, 5) is 16.7. The highest BCUT2D eigenvalue weighted by molar-refractivity contribution is 6.76. The lowest BCUT2D eigenvalue weighted by atomic mass is 10.1. The maximum Gasteiger partial charge on any atom is 0.285 e. The van der Waals surface area contributed by atoms with Gasteiger partial charge in [-0.15, -0.1) is 0 Å². The Morgan fingerprint density at radius 2 is 1.85 bits per heavy atom. The highest BCUT2D eigenvalue weighted by atomic mass is 35.5. The first-order valence-electron chi connectivity index (χ1n) is 10.6. The van der Waals surface area contributed by atoms with Crippen molar-refractivity contribution in [1.82, 2.24) is 14.8 Å². The molecule has 0 radical (unpaired) electrons. The van der Waals surface area contributed by atoms with Crippen molar-refractivity contribution in [2.24, 2.45) is 0 Å². The zero-order chi connectivity index (χ0) is 24.0. The fourth-order valence-corrected chi connectivity index (χ4v) is 3.94. The summed E-state index contributed by atoms with van der Waals surface area (Å²) in [6.07, 6.45) is 4.51. The van der Waals surface area contributed by atoms with E-state index in [1.807, 2.05) is 19.1 Å². The van der Waals surface area contributed by atoms with E-state index in [0.29, 0.717) is 34.3 Å². The monoisotopic (exact) mass is 486 g/mol. The number of nitrogens with one attached hydrogen (secondary N) is 1. The molecule has 2 heterocycles. The molecule has 0 saturated heterocycles. The van der Waals surface area contributed by atoms with Crippen molar-refractivity contribution in [1.29, 1.82) is 0 Å². The Balaban J connectivity index is 1.84. The van der Waals surface area contributed by atoms with Crippen LogP contribution >= 0.6 is 11.6 Å². The van der Waals surface area contributed by atoms with Gasteiger partial charge in [0.2, 0.25) is 0 Å². The molecule has 3 rings (SSSR count). The van der Waals surface area contributed by atoms with Crippen molar-refractivity contribution < 1.29 is 13.9 Å². The third kappa shape index (κ3) is 7.08. The van der Waals surface area contributed by atoms with Gasteiger partial charge in [0.1, 0.15) is 12.5 Å². The lowest BCUT2D eigenvalue weighted by Gasteiger charge is -2.16. The van der Waals surface area contributed by atoms with E-state index in [1.54, 1.807) is 41.3 Å². The predicted octanol–water partition coefficient (Wildman–Crippen LogP) is 6.17. The Labute approximate surface area is 199 Å². The standard InChI is InChI=1S/C24H28ClFN4O2Si/c1-17-22(19-9-11-27-12-10-19)29-30(16-32-13-14-33(2,3)4)23(17)28-24(31)21(26)15-18-5-7-20(25)8-6-18/h5-12,15H,13-14,16H2,1-4H3,(H,28,31). The number of ether oxygens (including phenoxy) is 1. The molecule has 33 heavy (non-hydrogen) atoms. The number of hydrogen-bond acceptors (Lipinski definition) is 4. The van der Waals surface area contributed by atoms with Crippen LogP contribution < -0.4 is 5.32 Å². The van der Waals surface area contributed by atoms with E-state index in [2.05, 4.69) is 35.0 Å². The minimum Gasteiger partial charge on any atom is -0.359 e. The largest absolute Gasteiger partial charge is 0.359 e. The van der Waals surface area contributed by atoms with Gasteiger partial charge in [0.05, 0.1) is 5.69 Å². The number of aromatic nitrogens is 3. The topological polar surface area (TPSA) is 69.0 Å². The molecule has 6 nitrogen and oxygen atoms in total. The fraction of sp³-hybridized carbons (Fsp3) is 0.292. The normalized spacial score (nSPS) is 12.1. The van der Waals surface area contributed by atoms with E-state index in [-0.39, 0.29) is 6.73 Å². The van der Waals surface area contributed by atoms with E-state index in [9.17, 15) is 9.18 Å². The van der Waals surface area contributed by atoms with Crippen molar-refractivity contribution in [3.63, 3.8) is 0 Å². The highest BCUT2D eigenvalue weighted by Gasteiger charge is 2.20. The third-order valence-corrected chi connectivity index (χ3v) is 6.92. The Hall–Kier alpha value is -2.81. The lowest BCUT2D eigenvalue weighted by molar-refractivity contribution is -0.114.